The van der Waals surface area contributed by atoms with Crippen LogP contribution in [0.25, 0.3) is 0 Å². The third-order valence-corrected chi connectivity index (χ3v) is 7.20. The summed E-state index contributed by atoms with van der Waals surface area (Å²) in [6.45, 7) is 7.31. The second-order valence-electron chi connectivity index (χ2n) is 9.28. The molecule has 0 radical (unpaired) electrons. The number of carbonyl (C=O) groups is 2. The number of fused-ring (bicyclic) bond motifs is 2. The molecular formula is C27H33N3O5. The largest absolute Gasteiger partial charge is 0.454 e. The number of hydrogen-bond donors (Lipinski definition) is 0. The van der Waals surface area contributed by atoms with E-state index in [1.165, 1.54) is 0 Å². The first-order valence-corrected chi connectivity index (χ1v) is 12.4. The van der Waals surface area contributed by atoms with Crippen LogP contribution in [0.5, 0.6) is 11.5 Å². The quantitative estimate of drug-likeness (QED) is 0.608. The summed E-state index contributed by atoms with van der Waals surface area (Å²) in [5.74, 6) is 0.900. The number of piperazine rings is 1. The molecule has 3 aliphatic heterocycles. The van der Waals surface area contributed by atoms with Crippen LogP contribution < -0.4 is 9.47 Å². The molecule has 3 heterocycles. The molecule has 0 N–H and O–H groups in total. The topological polar surface area (TPSA) is 71.6 Å². The van der Waals surface area contributed by atoms with E-state index in [0.29, 0.717) is 43.3 Å². The van der Waals surface area contributed by atoms with Gasteiger partial charge in [0, 0.05) is 51.9 Å². The van der Waals surface area contributed by atoms with Gasteiger partial charge >= 0.3 is 0 Å². The molecule has 8 nitrogen and oxygen atoms in total. The monoisotopic (exact) mass is 479 g/mol. The van der Waals surface area contributed by atoms with Gasteiger partial charge in [0.1, 0.15) is 0 Å². The number of nitrogens with zero attached hydrogens (tertiary/aromatic N) is 3. The van der Waals surface area contributed by atoms with E-state index in [-0.39, 0.29) is 18.6 Å². The van der Waals surface area contributed by atoms with Crippen LogP contribution in [0.15, 0.2) is 42.5 Å². The van der Waals surface area contributed by atoms with Crippen LogP contribution in [0.3, 0.4) is 0 Å². The minimum Gasteiger partial charge on any atom is -0.454 e. The van der Waals surface area contributed by atoms with Crippen molar-refractivity contribution in [1.29, 1.82) is 0 Å². The fourth-order valence-corrected chi connectivity index (χ4v) is 5.42. The molecule has 2 amide bonds. The predicted molar refractivity (Wildman–Crippen MR) is 131 cm³/mol. The number of ether oxygens (including phenoxy) is 3. The van der Waals surface area contributed by atoms with Crippen molar-refractivity contribution in [3.05, 3.63) is 59.2 Å². The Kier molecular flexibility index (Phi) is 6.92. The van der Waals surface area contributed by atoms with E-state index in [2.05, 4.69) is 11.8 Å². The second-order valence-corrected chi connectivity index (χ2v) is 9.28. The maximum absolute atomic E-state index is 14.2. The van der Waals surface area contributed by atoms with Crippen LogP contribution in [0.2, 0.25) is 0 Å². The molecular weight excluding hydrogens is 446 g/mol. The highest BCUT2D eigenvalue weighted by Crippen LogP contribution is 2.46. The predicted octanol–water partition coefficient (Wildman–Crippen LogP) is 2.90. The Labute approximate surface area is 206 Å². The van der Waals surface area contributed by atoms with Gasteiger partial charge in [-0.05, 0) is 35.7 Å². The molecule has 2 aromatic rings. The lowest BCUT2D eigenvalue weighted by Gasteiger charge is -2.44. The number of methoxy groups -OCH3 is 1. The zero-order chi connectivity index (χ0) is 24.4. The Hall–Kier alpha value is -3.10. The lowest BCUT2D eigenvalue weighted by atomic mass is 9.78. The van der Waals surface area contributed by atoms with Gasteiger partial charge in [0.15, 0.2) is 11.5 Å². The highest BCUT2D eigenvalue weighted by atomic mass is 16.7. The first-order chi connectivity index (χ1) is 17.1. The minimum absolute atomic E-state index is 0.0291. The van der Waals surface area contributed by atoms with E-state index in [1.807, 2.05) is 52.3 Å². The molecule has 0 aliphatic carbocycles. The molecule has 1 saturated heterocycles. The molecule has 0 bridgehead atoms. The van der Waals surface area contributed by atoms with Gasteiger partial charge in [0.25, 0.3) is 5.91 Å². The van der Waals surface area contributed by atoms with Crippen molar-refractivity contribution in [3.8, 4) is 11.5 Å². The van der Waals surface area contributed by atoms with Crippen molar-refractivity contribution in [1.82, 2.24) is 14.7 Å². The number of hydrogen-bond acceptors (Lipinski definition) is 6. The number of amides is 2. The van der Waals surface area contributed by atoms with Crippen molar-refractivity contribution in [3.63, 3.8) is 0 Å². The summed E-state index contributed by atoms with van der Waals surface area (Å²) < 4.78 is 16.4. The van der Waals surface area contributed by atoms with E-state index in [9.17, 15) is 9.59 Å². The molecule has 0 saturated carbocycles. The van der Waals surface area contributed by atoms with Gasteiger partial charge in [-0.25, -0.2) is 0 Å². The molecule has 186 valence electrons. The van der Waals surface area contributed by atoms with Crippen LogP contribution in [-0.4, -0.2) is 86.3 Å². The number of benzene rings is 2. The molecule has 0 spiro atoms. The Morgan fingerprint density at radius 3 is 2.57 bits per heavy atom. The first kappa shape index (κ1) is 23.6. The molecule has 2 aromatic carbocycles. The van der Waals surface area contributed by atoms with E-state index in [1.54, 1.807) is 7.11 Å². The van der Waals surface area contributed by atoms with E-state index >= 15 is 0 Å². The zero-order valence-electron chi connectivity index (χ0n) is 20.4. The maximum atomic E-state index is 14.2. The Bertz CT molecular complexity index is 1080. The van der Waals surface area contributed by atoms with Crippen molar-refractivity contribution in [2.45, 2.75) is 25.3 Å². The molecule has 3 aliphatic rings. The molecule has 35 heavy (non-hydrogen) atoms. The third kappa shape index (κ3) is 4.48. The highest BCUT2D eigenvalue weighted by molar-refractivity contribution is 6.01. The molecule has 1 fully saturated rings. The van der Waals surface area contributed by atoms with E-state index < -0.39 is 12.0 Å². The molecule has 5 rings (SSSR count). The standard InChI is InChI=1S/C27H33N3O5/c1-3-10-30-25(19-8-9-22-23(17-19)35-18-34-22)24(20-6-4-5-7-21(20)26(30)31)27(32)29-13-11-28(12-14-29)15-16-33-2/h4-9,17,24-25H,3,10-16,18H2,1-2H3. The first-order valence-electron chi connectivity index (χ1n) is 12.4. The fourth-order valence-electron chi connectivity index (χ4n) is 5.42. The highest BCUT2D eigenvalue weighted by Gasteiger charge is 2.45. The average molecular weight is 480 g/mol. The van der Waals surface area contributed by atoms with Crippen LogP contribution in [-0.2, 0) is 9.53 Å². The van der Waals surface area contributed by atoms with Gasteiger partial charge in [0.2, 0.25) is 12.7 Å². The summed E-state index contributed by atoms with van der Waals surface area (Å²) in [7, 11) is 1.71. The molecule has 0 aromatic heterocycles. The Balaban J connectivity index is 1.52. The van der Waals surface area contributed by atoms with Crippen molar-refractivity contribution in [2.24, 2.45) is 0 Å². The van der Waals surface area contributed by atoms with Gasteiger partial charge in [-0.15, -0.1) is 0 Å². The summed E-state index contributed by atoms with van der Waals surface area (Å²) in [5, 5.41) is 0. The van der Waals surface area contributed by atoms with Gasteiger partial charge in [-0.2, -0.15) is 0 Å². The van der Waals surface area contributed by atoms with Crippen LogP contribution >= 0.6 is 0 Å². The lowest BCUT2D eigenvalue weighted by Crippen LogP contribution is -2.53. The van der Waals surface area contributed by atoms with Crippen molar-refractivity contribution < 1.29 is 23.8 Å². The minimum atomic E-state index is -0.485. The number of carbonyl (C=O) groups excluding carboxylic acids is 2. The summed E-state index contributed by atoms with van der Waals surface area (Å²) in [4.78, 5) is 34.0. The lowest BCUT2D eigenvalue weighted by molar-refractivity contribution is -0.136. The Morgan fingerprint density at radius 2 is 1.80 bits per heavy atom. The van der Waals surface area contributed by atoms with Crippen molar-refractivity contribution >= 4 is 11.8 Å². The van der Waals surface area contributed by atoms with Gasteiger partial charge in [-0.3, -0.25) is 14.5 Å². The number of rotatable bonds is 7. The summed E-state index contributed by atoms with van der Waals surface area (Å²) in [6.07, 6.45) is 0.800. The summed E-state index contributed by atoms with van der Waals surface area (Å²) >= 11 is 0. The smallest absolute Gasteiger partial charge is 0.254 e. The van der Waals surface area contributed by atoms with Crippen LogP contribution in [0, 0.1) is 0 Å². The maximum Gasteiger partial charge on any atom is 0.254 e. The fraction of sp³-hybridized carbons (Fsp3) is 0.481. The van der Waals surface area contributed by atoms with E-state index in [4.69, 9.17) is 14.2 Å². The zero-order valence-corrected chi connectivity index (χ0v) is 20.4. The summed E-state index contributed by atoms with van der Waals surface area (Å²) in [6, 6.07) is 12.9. The third-order valence-electron chi connectivity index (χ3n) is 7.20. The summed E-state index contributed by atoms with van der Waals surface area (Å²) in [5.41, 5.74) is 2.32. The molecule has 2 atom stereocenters. The average Bonchev–Trinajstić information content (AvgIpc) is 3.37. The van der Waals surface area contributed by atoms with Crippen molar-refractivity contribution in [2.75, 3.05) is 59.8 Å². The Morgan fingerprint density at radius 1 is 1.03 bits per heavy atom. The van der Waals surface area contributed by atoms with Crippen LogP contribution in [0.1, 0.15) is 46.8 Å². The normalized spacial score (nSPS) is 21.8. The SMILES string of the molecule is CCCN1C(=O)c2ccccc2C(C(=O)N2CCN(CCOC)CC2)C1c1ccc2c(c1)OCO2. The van der Waals surface area contributed by atoms with Gasteiger partial charge in [0.05, 0.1) is 18.6 Å². The molecule has 2 unspecified atom stereocenters. The van der Waals surface area contributed by atoms with E-state index in [0.717, 1.165) is 37.2 Å². The second kappa shape index (κ2) is 10.3. The van der Waals surface area contributed by atoms with Gasteiger partial charge in [-0.1, -0.05) is 31.2 Å². The van der Waals surface area contributed by atoms with Crippen LogP contribution in [0.4, 0.5) is 0 Å². The molecule has 8 heteroatoms. The van der Waals surface area contributed by atoms with Gasteiger partial charge < -0.3 is 24.0 Å².